The van der Waals surface area contributed by atoms with Gasteiger partial charge in [0.15, 0.2) is 5.56 Å². The Kier molecular flexibility index (Phi) is 4.13. The molecule has 2 N–H and O–H groups in total. The van der Waals surface area contributed by atoms with Crippen LogP contribution >= 0.6 is 11.3 Å². The average molecular weight is 295 g/mol. The Hall–Kier alpha value is -1.82. The van der Waals surface area contributed by atoms with Crippen molar-refractivity contribution in [2.75, 3.05) is 7.11 Å². The molecule has 2 aromatic heterocycles. The van der Waals surface area contributed by atoms with E-state index in [0.29, 0.717) is 10.2 Å². The molecule has 0 aliphatic rings. The Morgan fingerprint density at radius 1 is 1.45 bits per heavy atom. The average Bonchev–Trinajstić information content (AvgIpc) is 2.84. The number of aromatic amines is 1. The van der Waals surface area contributed by atoms with E-state index in [1.807, 2.05) is 5.38 Å². The summed E-state index contributed by atoms with van der Waals surface area (Å²) in [7, 11) is 1.18. The molecule has 0 aliphatic carbocycles. The first-order valence-electron chi connectivity index (χ1n) is 6.49. The van der Waals surface area contributed by atoms with Crippen LogP contribution in [-0.4, -0.2) is 23.2 Å². The van der Waals surface area contributed by atoms with Crippen molar-refractivity contribution in [3.05, 3.63) is 26.9 Å². The maximum atomic E-state index is 11.9. The van der Waals surface area contributed by atoms with Crippen LogP contribution in [0.15, 0.2) is 10.2 Å². The summed E-state index contributed by atoms with van der Waals surface area (Å²) in [5, 5.41) is 12.8. The molecule has 0 amide bonds. The molecule has 5 nitrogen and oxygen atoms in total. The van der Waals surface area contributed by atoms with Crippen molar-refractivity contribution in [2.45, 2.75) is 32.6 Å². The Morgan fingerprint density at radius 3 is 2.65 bits per heavy atom. The third kappa shape index (κ3) is 2.20. The number of aromatic hydroxyl groups is 1. The molecule has 20 heavy (non-hydrogen) atoms. The summed E-state index contributed by atoms with van der Waals surface area (Å²) < 4.78 is 4.56. The first-order valence-corrected chi connectivity index (χ1v) is 7.37. The van der Waals surface area contributed by atoms with Crippen LogP contribution in [0.4, 0.5) is 0 Å². The number of H-pyrrole nitrogens is 1. The maximum Gasteiger partial charge on any atom is 0.347 e. The highest BCUT2D eigenvalue weighted by molar-refractivity contribution is 7.17. The number of rotatable bonds is 4. The molecule has 6 heteroatoms. The van der Waals surface area contributed by atoms with Gasteiger partial charge in [-0.05, 0) is 29.7 Å². The van der Waals surface area contributed by atoms with Crippen molar-refractivity contribution in [1.29, 1.82) is 0 Å². The highest BCUT2D eigenvalue weighted by atomic mass is 32.1. The predicted octanol–water partition coefficient (Wildman–Crippen LogP) is 2.99. The van der Waals surface area contributed by atoms with Gasteiger partial charge in [0.1, 0.15) is 10.6 Å². The summed E-state index contributed by atoms with van der Waals surface area (Å²) >= 11 is 1.36. The molecule has 0 atom stereocenters. The number of thiophene rings is 1. The third-order valence-corrected chi connectivity index (χ3v) is 4.48. The van der Waals surface area contributed by atoms with E-state index < -0.39 is 11.5 Å². The lowest BCUT2D eigenvalue weighted by atomic mass is 9.93. The molecule has 0 spiro atoms. The molecule has 0 saturated carbocycles. The fraction of sp³-hybridized carbons (Fsp3) is 0.429. The zero-order valence-corrected chi connectivity index (χ0v) is 12.5. The normalized spacial score (nSPS) is 11.2. The Labute approximate surface area is 120 Å². The first kappa shape index (κ1) is 14.6. The summed E-state index contributed by atoms with van der Waals surface area (Å²) in [4.78, 5) is 26.7. The number of fused-ring (bicyclic) bond motifs is 1. The minimum absolute atomic E-state index is 0.279. The summed E-state index contributed by atoms with van der Waals surface area (Å²) in [5.74, 6) is -0.822. The van der Waals surface area contributed by atoms with E-state index in [2.05, 4.69) is 23.6 Å². The topological polar surface area (TPSA) is 79.4 Å². The van der Waals surface area contributed by atoms with Crippen LogP contribution < -0.4 is 5.56 Å². The summed E-state index contributed by atoms with van der Waals surface area (Å²) in [5.41, 5.74) is 0.0132. The van der Waals surface area contributed by atoms with Gasteiger partial charge in [0.05, 0.1) is 12.5 Å². The molecule has 0 aromatic carbocycles. The lowest BCUT2D eigenvalue weighted by Gasteiger charge is -2.12. The molecule has 0 radical (unpaired) electrons. The second kappa shape index (κ2) is 5.66. The summed E-state index contributed by atoms with van der Waals surface area (Å²) in [6, 6.07) is 0. The number of pyridine rings is 1. The minimum atomic E-state index is -0.827. The van der Waals surface area contributed by atoms with Crippen molar-refractivity contribution in [2.24, 2.45) is 0 Å². The molecule has 2 rings (SSSR count). The summed E-state index contributed by atoms with van der Waals surface area (Å²) in [6.07, 6.45) is 1.85. The molecule has 2 heterocycles. The van der Waals surface area contributed by atoms with Gasteiger partial charge in [-0.1, -0.05) is 13.8 Å². The smallest absolute Gasteiger partial charge is 0.347 e. The van der Waals surface area contributed by atoms with E-state index in [9.17, 15) is 14.7 Å². The maximum absolute atomic E-state index is 11.9. The van der Waals surface area contributed by atoms with E-state index in [0.717, 1.165) is 18.4 Å². The van der Waals surface area contributed by atoms with Gasteiger partial charge in [0.25, 0.3) is 5.56 Å². The van der Waals surface area contributed by atoms with Gasteiger partial charge >= 0.3 is 5.97 Å². The van der Waals surface area contributed by atoms with E-state index in [-0.39, 0.29) is 17.2 Å². The zero-order chi connectivity index (χ0) is 14.9. The molecular weight excluding hydrogens is 278 g/mol. The number of nitrogens with one attached hydrogen (secondary N) is 1. The SMILES string of the molecule is CCC(CC)c1csc2[nH]c(=O)c(C(=O)OC)c(O)c12. The van der Waals surface area contributed by atoms with Crippen LogP contribution in [-0.2, 0) is 4.74 Å². The fourth-order valence-corrected chi connectivity index (χ4v) is 3.47. The van der Waals surface area contributed by atoms with Crippen molar-refractivity contribution in [1.82, 2.24) is 4.98 Å². The van der Waals surface area contributed by atoms with E-state index in [1.54, 1.807) is 0 Å². The van der Waals surface area contributed by atoms with Crippen molar-refractivity contribution < 1.29 is 14.6 Å². The van der Waals surface area contributed by atoms with Gasteiger partial charge < -0.3 is 14.8 Å². The van der Waals surface area contributed by atoms with Gasteiger partial charge in [0.2, 0.25) is 0 Å². The molecule has 0 bridgehead atoms. The first-order chi connectivity index (χ1) is 9.54. The number of aromatic nitrogens is 1. The zero-order valence-electron chi connectivity index (χ0n) is 11.6. The lowest BCUT2D eigenvalue weighted by molar-refractivity contribution is 0.0595. The largest absolute Gasteiger partial charge is 0.506 e. The van der Waals surface area contributed by atoms with Gasteiger partial charge in [-0.3, -0.25) is 4.79 Å². The van der Waals surface area contributed by atoms with Crippen LogP contribution in [0.3, 0.4) is 0 Å². The van der Waals surface area contributed by atoms with E-state index in [4.69, 9.17) is 0 Å². The van der Waals surface area contributed by atoms with Gasteiger partial charge in [0, 0.05) is 0 Å². The second-order valence-electron chi connectivity index (χ2n) is 4.58. The Balaban J connectivity index is 2.78. The highest BCUT2D eigenvalue weighted by Crippen LogP contribution is 2.38. The molecule has 0 saturated heterocycles. The van der Waals surface area contributed by atoms with Crippen molar-refractivity contribution in [3.63, 3.8) is 0 Å². The number of carbonyl (C=O) groups excluding carboxylic acids is 1. The van der Waals surface area contributed by atoms with Gasteiger partial charge in [-0.25, -0.2) is 4.79 Å². The minimum Gasteiger partial charge on any atom is -0.506 e. The van der Waals surface area contributed by atoms with Crippen LogP contribution in [0, 0.1) is 0 Å². The standard InChI is InChI=1S/C14H17NO4S/c1-4-7(5-2)8-6-20-13-9(8)11(16)10(12(17)15-13)14(18)19-3/h6-7H,4-5H2,1-3H3,(H2,15,16,17). The van der Waals surface area contributed by atoms with Crippen LogP contribution in [0.2, 0.25) is 0 Å². The van der Waals surface area contributed by atoms with Crippen molar-refractivity contribution in [3.8, 4) is 5.75 Å². The van der Waals surface area contributed by atoms with E-state index in [1.165, 1.54) is 18.4 Å². The molecule has 0 fully saturated rings. The van der Waals surface area contributed by atoms with Crippen molar-refractivity contribution >= 4 is 27.5 Å². The molecule has 2 aromatic rings. The molecule has 0 unspecified atom stereocenters. The predicted molar refractivity (Wildman–Crippen MR) is 78.8 cm³/mol. The number of esters is 1. The third-order valence-electron chi connectivity index (χ3n) is 3.56. The number of hydrogen-bond acceptors (Lipinski definition) is 5. The number of ether oxygens (including phenoxy) is 1. The summed E-state index contributed by atoms with van der Waals surface area (Å²) in [6.45, 7) is 4.14. The highest BCUT2D eigenvalue weighted by Gasteiger charge is 2.24. The van der Waals surface area contributed by atoms with Gasteiger partial charge in [-0.15, -0.1) is 11.3 Å². The molecular formula is C14H17NO4S. The quantitative estimate of drug-likeness (QED) is 0.850. The van der Waals surface area contributed by atoms with E-state index >= 15 is 0 Å². The Morgan fingerprint density at radius 2 is 2.10 bits per heavy atom. The number of hydrogen-bond donors (Lipinski definition) is 2. The second-order valence-corrected chi connectivity index (χ2v) is 5.46. The van der Waals surface area contributed by atoms with Crippen LogP contribution in [0.5, 0.6) is 5.75 Å². The molecule has 0 aliphatic heterocycles. The van der Waals surface area contributed by atoms with Crippen LogP contribution in [0.1, 0.15) is 48.5 Å². The lowest BCUT2D eigenvalue weighted by Crippen LogP contribution is -2.18. The fourth-order valence-electron chi connectivity index (χ4n) is 2.43. The monoisotopic (exact) mass is 295 g/mol. The number of carbonyl (C=O) groups is 1. The van der Waals surface area contributed by atoms with Gasteiger partial charge in [-0.2, -0.15) is 0 Å². The molecule has 108 valence electrons. The number of methoxy groups -OCH3 is 1. The van der Waals surface area contributed by atoms with Crippen LogP contribution in [0.25, 0.3) is 10.2 Å². The Bertz CT molecular complexity index is 697.